The SMILES string of the molecule is Cc1cccc(C(N)CCN2CCCC(C)C2)c1. The Bertz CT molecular complexity index is 375. The maximum absolute atomic E-state index is 6.29. The van der Waals surface area contributed by atoms with Gasteiger partial charge in [0.1, 0.15) is 0 Å². The average molecular weight is 246 g/mol. The van der Waals surface area contributed by atoms with Gasteiger partial charge in [0.05, 0.1) is 0 Å². The van der Waals surface area contributed by atoms with Crippen LogP contribution in [0, 0.1) is 12.8 Å². The molecule has 2 N–H and O–H groups in total. The molecular weight excluding hydrogens is 220 g/mol. The first-order valence-electron chi connectivity index (χ1n) is 7.19. The zero-order valence-electron chi connectivity index (χ0n) is 11.7. The Morgan fingerprint density at radius 3 is 3.00 bits per heavy atom. The molecule has 100 valence electrons. The van der Waals surface area contributed by atoms with Crippen molar-refractivity contribution in [1.82, 2.24) is 4.90 Å². The minimum atomic E-state index is 0.183. The Balaban J connectivity index is 1.82. The van der Waals surface area contributed by atoms with Crippen LogP contribution in [0.25, 0.3) is 0 Å². The van der Waals surface area contributed by atoms with E-state index in [0.717, 1.165) is 18.9 Å². The first-order valence-corrected chi connectivity index (χ1v) is 7.19. The molecule has 0 aromatic heterocycles. The minimum absolute atomic E-state index is 0.183. The van der Waals surface area contributed by atoms with E-state index in [2.05, 4.69) is 43.0 Å². The number of nitrogens with two attached hydrogens (primary N) is 1. The second-order valence-electron chi connectivity index (χ2n) is 5.86. The normalized spacial score (nSPS) is 22.9. The van der Waals surface area contributed by atoms with Crippen LogP contribution in [0.15, 0.2) is 24.3 Å². The van der Waals surface area contributed by atoms with Crippen molar-refractivity contribution in [3.63, 3.8) is 0 Å². The van der Waals surface area contributed by atoms with Gasteiger partial charge < -0.3 is 10.6 Å². The van der Waals surface area contributed by atoms with Gasteiger partial charge in [0.15, 0.2) is 0 Å². The van der Waals surface area contributed by atoms with Crippen LogP contribution >= 0.6 is 0 Å². The zero-order chi connectivity index (χ0) is 13.0. The highest BCUT2D eigenvalue weighted by molar-refractivity contribution is 5.24. The molecule has 1 aromatic carbocycles. The molecule has 2 rings (SSSR count). The van der Waals surface area contributed by atoms with Gasteiger partial charge in [-0.25, -0.2) is 0 Å². The molecule has 18 heavy (non-hydrogen) atoms. The van der Waals surface area contributed by atoms with Crippen molar-refractivity contribution in [2.24, 2.45) is 11.7 Å². The second kappa shape index (κ2) is 6.35. The van der Waals surface area contributed by atoms with Gasteiger partial charge in [0, 0.05) is 12.6 Å². The lowest BCUT2D eigenvalue weighted by Crippen LogP contribution is -2.36. The molecule has 1 aliphatic heterocycles. The first-order chi connectivity index (χ1) is 8.65. The van der Waals surface area contributed by atoms with Crippen LogP contribution in [0.4, 0.5) is 0 Å². The molecule has 2 nitrogen and oxygen atoms in total. The van der Waals surface area contributed by atoms with E-state index in [4.69, 9.17) is 5.73 Å². The molecule has 0 spiro atoms. The molecule has 2 atom stereocenters. The minimum Gasteiger partial charge on any atom is -0.324 e. The molecule has 1 saturated heterocycles. The summed E-state index contributed by atoms with van der Waals surface area (Å²) in [6.45, 7) is 8.13. The molecule has 2 heteroatoms. The van der Waals surface area contributed by atoms with Gasteiger partial charge in [-0.1, -0.05) is 36.8 Å². The summed E-state index contributed by atoms with van der Waals surface area (Å²) in [6.07, 6.45) is 3.80. The van der Waals surface area contributed by atoms with Gasteiger partial charge in [-0.05, 0) is 50.8 Å². The zero-order valence-corrected chi connectivity index (χ0v) is 11.7. The van der Waals surface area contributed by atoms with E-state index in [1.807, 2.05) is 0 Å². The Labute approximate surface area is 111 Å². The maximum Gasteiger partial charge on any atom is 0.0307 e. The lowest BCUT2D eigenvalue weighted by atomic mass is 9.98. The van der Waals surface area contributed by atoms with Crippen molar-refractivity contribution >= 4 is 0 Å². The summed E-state index contributed by atoms with van der Waals surface area (Å²) in [5, 5.41) is 0. The Hall–Kier alpha value is -0.860. The van der Waals surface area contributed by atoms with Crippen LogP contribution in [-0.2, 0) is 0 Å². The van der Waals surface area contributed by atoms with Crippen LogP contribution in [0.2, 0.25) is 0 Å². The highest BCUT2D eigenvalue weighted by Gasteiger charge is 2.17. The monoisotopic (exact) mass is 246 g/mol. The van der Waals surface area contributed by atoms with E-state index < -0.39 is 0 Å². The molecule has 1 heterocycles. The Kier molecular flexibility index (Phi) is 4.79. The molecule has 1 aromatic rings. The van der Waals surface area contributed by atoms with Crippen molar-refractivity contribution in [2.45, 2.75) is 39.2 Å². The fraction of sp³-hybridized carbons (Fsp3) is 0.625. The van der Waals surface area contributed by atoms with Crippen LogP contribution in [0.1, 0.15) is 43.4 Å². The van der Waals surface area contributed by atoms with E-state index in [-0.39, 0.29) is 6.04 Å². The standard InChI is InChI=1S/C16H26N2/c1-13-5-3-7-15(11-13)16(17)8-10-18-9-4-6-14(2)12-18/h3,5,7,11,14,16H,4,6,8-10,12,17H2,1-2H3. The van der Waals surface area contributed by atoms with E-state index in [0.29, 0.717) is 0 Å². The number of nitrogens with zero attached hydrogens (tertiary/aromatic N) is 1. The third-order valence-corrected chi connectivity index (χ3v) is 3.97. The Morgan fingerprint density at radius 2 is 2.28 bits per heavy atom. The van der Waals surface area contributed by atoms with Crippen molar-refractivity contribution in [1.29, 1.82) is 0 Å². The highest BCUT2D eigenvalue weighted by Crippen LogP contribution is 2.19. The smallest absolute Gasteiger partial charge is 0.0307 e. The molecule has 2 unspecified atom stereocenters. The van der Waals surface area contributed by atoms with E-state index in [1.165, 1.54) is 37.1 Å². The molecule has 0 saturated carbocycles. The molecule has 0 amide bonds. The summed E-state index contributed by atoms with van der Waals surface area (Å²) in [7, 11) is 0. The molecule has 1 aliphatic rings. The van der Waals surface area contributed by atoms with Gasteiger partial charge in [0.25, 0.3) is 0 Å². The third-order valence-electron chi connectivity index (χ3n) is 3.97. The van der Waals surface area contributed by atoms with Gasteiger partial charge >= 0.3 is 0 Å². The number of piperidine rings is 1. The van der Waals surface area contributed by atoms with E-state index in [1.54, 1.807) is 0 Å². The van der Waals surface area contributed by atoms with Crippen molar-refractivity contribution in [3.05, 3.63) is 35.4 Å². The highest BCUT2D eigenvalue weighted by atomic mass is 15.1. The molecule has 0 radical (unpaired) electrons. The average Bonchev–Trinajstić information content (AvgIpc) is 2.36. The summed E-state index contributed by atoms with van der Waals surface area (Å²) in [5.41, 5.74) is 8.87. The van der Waals surface area contributed by atoms with Crippen LogP contribution in [0.3, 0.4) is 0 Å². The second-order valence-corrected chi connectivity index (χ2v) is 5.86. The third kappa shape index (κ3) is 3.82. The van der Waals surface area contributed by atoms with Crippen molar-refractivity contribution in [2.75, 3.05) is 19.6 Å². The summed E-state index contributed by atoms with van der Waals surface area (Å²) in [4.78, 5) is 2.57. The maximum atomic E-state index is 6.29. The largest absolute Gasteiger partial charge is 0.324 e. The summed E-state index contributed by atoms with van der Waals surface area (Å²) >= 11 is 0. The number of aryl methyl sites for hydroxylation is 1. The van der Waals surface area contributed by atoms with Gasteiger partial charge in [0.2, 0.25) is 0 Å². The van der Waals surface area contributed by atoms with E-state index in [9.17, 15) is 0 Å². The van der Waals surface area contributed by atoms with Crippen LogP contribution in [0.5, 0.6) is 0 Å². The van der Waals surface area contributed by atoms with Crippen molar-refractivity contribution in [3.8, 4) is 0 Å². The fourth-order valence-corrected chi connectivity index (χ4v) is 2.88. The predicted molar refractivity (Wildman–Crippen MR) is 77.6 cm³/mol. The molecular formula is C16H26N2. The summed E-state index contributed by atoms with van der Waals surface area (Å²) < 4.78 is 0. The number of hydrogen-bond acceptors (Lipinski definition) is 2. The first kappa shape index (κ1) is 13.6. The number of likely N-dealkylation sites (tertiary alicyclic amines) is 1. The summed E-state index contributed by atoms with van der Waals surface area (Å²) in [6, 6.07) is 8.78. The molecule has 0 bridgehead atoms. The predicted octanol–water partition coefficient (Wildman–Crippen LogP) is 3.12. The van der Waals surface area contributed by atoms with Gasteiger partial charge in [-0.15, -0.1) is 0 Å². The van der Waals surface area contributed by atoms with Gasteiger partial charge in [-0.3, -0.25) is 0 Å². The van der Waals surface area contributed by atoms with Crippen LogP contribution < -0.4 is 5.73 Å². The lowest BCUT2D eigenvalue weighted by molar-refractivity contribution is 0.178. The topological polar surface area (TPSA) is 29.3 Å². The number of rotatable bonds is 4. The molecule has 1 fully saturated rings. The number of hydrogen-bond donors (Lipinski definition) is 1. The van der Waals surface area contributed by atoms with Gasteiger partial charge in [-0.2, -0.15) is 0 Å². The quantitative estimate of drug-likeness (QED) is 0.884. The Morgan fingerprint density at radius 1 is 1.44 bits per heavy atom. The van der Waals surface area contributed by atoms with Crippen LogP contribution in [-0.4, -0.2) is 24.5 Å². The number of benzene rings is 1. The summed E-state index contributed by atoms with van der Waals surface area (Å²) in [5.74, 6) is 0.856. The van der Waals surface area contributed by atoms with E-state index >= 15 is 0 Å². The van der Waals surface area contributed by atoms with Crippen molar-refractivity contribution < 1.29 is 0 Å². The fourth-order valence-electron chi connectivity index (χ4n) is 2.88. The lowest BCUT2D eigenvalue weighted by Gasteiger charge is -2.31. The molecule has 0 aliphatic carbocycles.